The topological polar surface area (TPSA) is 64.4 Å². The van der Waals surface area contributed by atoms with Crippen molar-refractivity contribution >= 4 is 17.7 Å². The third kappa shape index (κ3) is 2.59. The van der Waals surface area contributed by atoms with Crippen molar-refractivity contribution in [1.29, 1.82) is 0 Å². The van der Waals surface area contributed by atoms with Crippen molar-refractivity contribution in [3.8, 4) is 0 Å². The molecule has 0 radical (unpaired) electrons. The standard InChI is InChI=1S/C8H17N3S/c1-12-7-5-3-2-4-6(7)11-8(9)10/h6-7H,2-5H2,1H3,(H4,9,10,11). The fraction of sp³-hybridized carbons (Fsp3) is 0.875. The molecule has 0 spiro atoms. The van der Waals surface area contributed by atoms with Crippen LogP contribution in [0.5, 0.6) is 0 Å². The molecule has 1 rings (SSSR count). The maximum Gasteiger partial charge on any atom is 0.186 e. The van der Waals surface area contributed by atoms with E-state index in [2.05, 4.69) is 11.2 Å². The largest absolute Gasteiger partial charge is 0.370 e. The van der Waals surface area contributed by atoms with Gasteiger partial charge in [-0.05, 0) is 19.1 Å². The van der Waals surface area contributed by atoms with Crippen molar-refractivity contribution < 1.29 is 0 Å². The number of thioether (sulfide) groups is 1. The van der Waals surface area contributed by atoms with Gasteiger partial charge in [0, 0.05) is 5.25 Å². The zero-order valence-corrected chi connectivity index (χ0v) is 8.31. The van der Waals surface area contributed by atoms with Crippen LogP contribution in [0.3, 0.4) is 0 Å². The summed E-state index contributed by atoms with van der Waals surface area (Å²) in [6.45, 7) is 0. The van der Waals surface area contributed by atoms with Crippen LogP contribution in [0.2, 0.25) is 0 Å². The number of rotatable bonds is 2. The van der Waals surface area contributed by atoms with E-state index in [1.807, 2.05) is 11.8 Å². The molecule has 4 N–H and O–H groups in total. The predicted octanol–water partition coefficient (Wildman–Crippen LogP) is 0.934. The van der Waals surface area contributed by atoms with Gasteiger partial charge in [0.2, 0.25) is 0 Å². The Morgan fingerprint density at radius 1 is 1.33 bits per heavy atom. The van der Waals surface area contributed by atoms with Crippen molar-refractivity contribution in [1.82, 2.24) is 0 Å². The molecule has 1 fully saturated rings. The Labute approximate surface area is 78.0 Å². The summed E-state index contributed by atoms with van der Waals surface area (Å²) in [5.41, 5.74) is 10.7. The quantitative estimate of drug-likeness (QED) is 0.499. The molecule has 0 aromatic heterocycles. The highest BCUT2D eigenvalue weighted by Gasteiger charge is 2.23. The molecule has 1 aliphatic rings. The Kier molecular flexibility index (Phi) is 3.72. The van der Waals surface area contributed by atoms with Gasteiger partial charge < -0.3 is 11.5 Å². The van der Waals surface area contributed by atoms with Gasteiger partial charge in [-0.3, -0.25) is 0 Å². The lowest BCUT2D eigenvalue weighted by Crippen LogP contribution is -2.31. The number of nitrogens with two attached hydrogens (primary N) is 2. The lowest BCUT2D eigenvalue weighted by Gasteiger charge is -2.26. The fourth-order valence-electron chi connectivity index (χ4n) is 1.69. The Bertz CT molecular complexity index is 166. The highest BCUT2D eigenvalue weighted by Crippen LogP contribution is 2.29. The summed E-state index contributed by atoms with van der Waals surface area (Å²) in [5, 5.41) is 0.626. The number of hydrogen-bond donors (Lipinski definition) is 2. The first-order valence-electron chi connectivity index (χ1n) is 4.35. The number of nitrogens with zero attached hydrogens (tertiary/aromatic N) is 1. The zero-order chi connectivity index (χ0) is 8.97. The first-order valence-corrected chi connectivity index (χ1v) is 5.64. The van der Waals surface area contributed by atoms with Crippen molar-refractivity contribution in [2.75, 3.05) is 6.26 Å². The minimum Gasteiger partial charge on any atom is -0.370 e. The van der Waals surface area contributed by atoms with Crippen LogP contribution in [0, 0.1) is 0 Å². The Morgan fingerprint density at radius 2 is 2.00 bits per heavy atom. The molecule has 70 valence electrons. The molecule has 2 unspecified atom stereocenters. The second-order valence-electron chi connectivity index (χ2n) is 3.18. The van der Waals surface area contributed by atoms with Gasteiger partial charge in [0.05, 0.1) is 6.04 Å². The van der Waals surface area contributed by atoms with E-state index in [1.54, 1.807) is 0 Å². The average molecular weight is 187 g/mol. The van der Waals surface area contributed by atoms with Crippen LogP contribution >= 0.6 is 11.8 Å². The highest BCUT2D eigenvalue weighted by atomic mass is 32.2. The predicted molar refractivity (Wildman–Crippen MR) is 55.4 cm³/mol. The highest BCUT2D eigenvalue weighted by molar-refractivity contribution is 7.99. The minimum atomic E-state index is 0.237. The lowest BCUT2D eigenvalue weighted by molar-refractivity contribution is 0.455. The fourth-order valence-corrected chi connectivity index (χ4v) is 2.60. The van der Waals surface area contributed by atoms with Gasteiger partial charge in [0.1, 0.15) is 0 Å². The minimum absolute atomic E-state index is 0.237. The summed E-state index contributed by atoms with van der Waals surface area (Å²) in [5.74, 6) is 0.237. The van der Waals surface area contributed by atoms with Crippen LogP contribution in [0.1, 0.15) is 25.7 Å². The molecule has 4 heteroatoms. The Hall–Kier alpha value is -0.380. The maximum absolute atomic E-state index is 5.36. The number of guanidine groups is 1. The van der Waals surface area contributed by atoms with Crippen LogP contribution in [-0.2, 0) is 0 Å². The molecule has 0 saturated heterocycles. The summed E-state index contributed by atoms with van der Waals surface area (Å²) in [6, 6.07) is 0.360. The second kappa shape index (κ2) is 4.60. The van der Waals surface area contributed by atoms with Crippen molar-refractivity contribution in [3.63, 3.8) is 0 Å². The summed E-state index contributed by atoms with van der Waals surface area (Å²) in [4.78, 5) is 4.24. The van der Waals surface area contributed by atoms with E-state index in [0.717, 1.165) is 6.42 Å². The first-order chi connectivity index (χ1) is 5.74. The third-order valence-corrected chi connectivity index (χ3v) is 3.44. The molecular weight excluding hydrogens is 170 g/mol. The van der Waals surface area contributed by atoms with E-state index in [0.29, 0.717) is 11.3 Å². The van der Waals surface area contributed by atoms with Crippen LogP contribution in [0.15, 0.2) is 4.99 Å². The van der Waals surface area contributed by atoms with Gasteiger partial charge >= 0.3 is 0 Å². The van der Waals surface area contributed by atoms with Crippen LogP contribution in [-0.4, -0.2) is 23.5 Å². The average Bonchev–Trinajstić information content (AvgIpc) is 2.04. The van der Waals surface area contributed by atoms with E-state index >= 15 is 0 Å². The normalized spacial score (nSPS) is 29.8. The zero-order valence-electron chi connectivity index (χ0n) is 7.49. The number of aliphatic imine (C=N–C) groups is 1. The summed E-state index contributed by atoms with van der Waals surface area (Å²) in [7, 11) is 0. The molecule has 0 heterocycles. The second-order valence-corrected chi connectivity index (χ2v) is 4.26. The van der Waals surface area contributed by atoms with E-state index < -0.39 is 0 Å². The van der Waals surface area contributed by atoms with Crippen molar-refractivity contribution in [2.24, 2.45) is 16.5 Å². The van der Waals surface area contributed by atoms with Gasteiger partial charge in [-0.1, -0.05) is 12.8 Å². The molecule has 0 amide bonds. The lowest BCUT2D eigenvalue weighted by atomic mass is 9.95. The monoisotopic (exact) mass is 187 g/mol. The molecule has 3 nitrogen and oxygen atoms in total. The van der Waals surface area contributed by atoms with E-state index in [1.165, 1.54) is 19.3 Å². The SMILES string of the molecule is CSC1CCCCC1N=C(N)N. The van der Waals surface area contributed by atoms with Gasteiger partial charge in [-0.2, -0.15) is 11.8 Å². The maximum atomic E-state index is 5.36. The molecular formula is C8H17N3S. The summed E-state index contributed by atoms with van der Waals surface area (Å²) < 4.78 is 0. The molecule has 0 aromatic carbocycles. The van der Waals surface area contributed by atoms with E-state index in [9.17, 15) is 0 Å². The van der Waals surface area contributed by atoms with Gasteiger partial charge in [-0.15, -0.1) is 0 Å². The smallest absolute Gasteiger partial charge is 0.186 e. The van der Waals surface area contributed by atoms with Crippen molar-refractivity contribution in [3.05, 3.63) is 0 Å². The summed E-state index contributed by atoms with van der Waals surface area (Å²) >= 11 is 1.88. The molecule has 2 atom stereocenters. The first kappa shape index (κ1) is 9.71. The molecule has 0 aromatic rings. The van der Waals surface area contributed by atoms with Crippen LogP contribution in [0.25, 0.3) is 0 Å². The van der Waals surface area contributed by atoms with E-state index in [-0.39, 0.29) is 5.96 Å². The molecule has 0 bridgehead atoms. The van der Waals surface area contributed by atoms with Crippen LogP contribution in [0.4, 0.5) is 0 Å². The molecule has 1 saturated carbocycles. The van der Waals surface area contributed by atoms with Gasteiger partial charge in [0.15, 0.2) is 5.96 Å². The van der Waals surface area contributed by atoms with Gasteiger partial charge in [-0.25, -0.2) is 4.99 Å². The summed E-state index contributed by atoms with van der Waals surface area (Å²) in [6.07, 6.45) is 7.11. The Morgan fingerprint density at radius 3 is 2.58 bits per heavy atom. The Balaban J connectivity index is 2.53. The third-order valence-electron chi connectivity index (χ3n) is 2.29. The number of hydrogen-bond acceptors (Lipinski definition) is 2. The molecule has 0 aliphatic heterocycles. The van der Waals surface area contributed by atoms with Crippen molar-refractivity contribution in [2.45, 2.75) is 37.0 Å². The van der Waals surface area contributed by atoms with E-state index in [4.69, 9.17) is 11.5 Å². The molecule has 12 heavy (non-hydrogen) atoms. The van der Waals surface area contributed by atoms with Gasteiger partial charge in [0.25, 0.3) is 0 Å². The van der Waals surface area contributed by atoms with Crippen LogP contribution < -0.4 is 11.5 Å². The molecule has 1 aliphatic carbocycles.